The van der Waals surface area contributed by atoms with Crippen LogP contribution in [-0.4, -0.2) is 16.2 Å². The summed E-state index contributed by atoms with van der Waals surface area (Å²) in [6.07, 6.45) is 5.35. The van der Waals surface area contributed by atoms with Crippen molar-refractivity contribution in [1.29, 1.82) is 0 Å². The maximum absolute atomic E-state index is 11.4. The zero-order chi connectivity index (χ0) is 19.8. The van der Waals surface area contributed by atoms with Crippen LogP contribution in [0.3, 0.4) is 0 Å². The summed E-state index contributed by atoms with van der Waals surface area (Å²) in [5.74, 6) is 0.460. The Bertz CT molecular complexity index is 853. The van der Waals surface area contributed by atoms with Crippen LogP contribution in [-0.2, 0) is 17.8 Å². The number of amides is 1. The molecule has 3 N–H and O–H groups in total. The van der Waals surface area contributed by atoms with E-state index < -0.39 is 5.91 Å². The monoisotopic (exact) mass is 387 g/mol. The van der Waals surface area contributed by atoms with Crippen LogP contribution in [0.1, 0.15) is 30.5 Å². The number of hydrogen-bond donors (Lipinski definition) is 3. The van der Waals surface area contributed by atoms with Gasteiger partial charge in [0.25, 0.3) is 5.91 Å². The number of aliphatic hydroxyl groups is 1. The highest BCUT2D eigenvalue weighted by Gasteiger charge is 2.14. The Morgan fingerprint density at radius 2 is 1.89 bits per heavy atom. The molecule has 6 heteroatoms. The maximum Gasteiger partial charge on any atom is 0.267 e. The lowest BCUT2D eigenvalue weighted by Crippen LogP contribution is -2.14. The minimum absolute atomic E-state index is 0.135. The summed E-state index contributed by atoms with van der Waals surface area (Å²) in [6.45, 7) is 3.85. The van der Waals surface area contributed by atoms with Crippen LogP contribution in [0.2, 0.25) is 5.02 Å². The molecule has 0 saturated heterocycles. The molecular weight excluding hydrogens is 366 g/mol. The third-order valence-electron chi connectivity index (χ3n) is 3.83. The van der Waals surface area contributed by atoms with Crippen LogP contribution in [0.5, 0.6) is 11.5 Å². The van der Waals surface area contributed by atoms with E-state index in [4.69, 9.17) is 21.5 Å². The number of halogens is 1. The van der Waals surface area contributed by atoms with Gasteiger partial charge in [-0.25, -0.2) is 5.48 Å². The van der Waals surface area contributed by atoms with Gasteiger partial charge in [0.05, 0.1) is 6.61 Å². The Morgan fingerprint density at radius 3 is 2.48 bits per heavy atom. The summed E-state index contributed by atoms with van der Waals surface area (Å²) in [6, 6.07) is 10.5. The molecule has 1 amide bonds. The Labute approximate surface area is 163 Å². The molecule has 0 fully saturated rings. The summed E-state index contributed by atoms with van der Waals surface area (Å²) in [5, 5.41) is 19.0. The summed E-state index contributed by atoms with van der Waals surface area (Å²) in [5.41, 5.74) is 4.89. The van der Waals surface area contributed by atoms with Crippen LogP contribution >= 0.6 is 11.6 Å². The molecule has 0 heterocycles. The van der Waals surface area contributed by atoms with E-state index in [0.29, 0.717) is 28.5 Å². The molecule has 0 radical (unpaired) electrons. The first-order valence-electron chi connectivity index (χ1n) is 8.39. The fraction of sp³-hybridized carbons (Fsp3) is 0.190. The number of ether oxygens (including phenoxy) is 1. The summed E-state index contributed by atoms with van der Waals surface area (Å²) < 4.78 is 6.09. The summed E-state index contributed by atoms with van der Waals surface area (Å²) >= 11 is 5.93. The Hall–Kier alpha value is -2.60. The normalized spacial score (nSPS) is 10.7. The highest BCUT2D eigenvalue weighted by atomic mass is 35.5. The number of allylic oxidation sites excluding steroid dienone is 2. The molecule has 0 bridgehead atoms. The molecule has 5 nitrogen and oxygen atoms in total. The van der Waals surface area contributed by atoms with Gasteiger partial charge in [-0.15, -0.1) is 0 Å². The molecule has 0 spiro atoms. The zero-order valence-electron chi connectivity index (χ0n) is 15.2. The van der Waals surface area contributed by atoms with Gasteiger partial charge >= 0.3 is 0 Å². The van der Waals surface area contributed by atoms with Crippen molar-refractivity contribution in [3.8, 4) is 11.5 Å². The lowest BCUT2D eigenvalue weighted by molar-refractivity contribution is -0.124. The Kier molecular flexibility index (Phi) is 7.61. The van der Waals surface area contributed by atoms with Gasteiger partial charge in [0.1, 0.15) is 11.5 Å². The van der Waals surface area contributed by atoms with E-state index in [1.807, 2.05) is 19.9 Å². The van der Waals surface area contributed by atoms with Crippen molar-refractivity contribution in [2.45, 2.75) is 26.9 Å². The van der Waals surface area contributed by atoms with Gasteiger partial charge in [-0.3, -0.25) is 10.0 Å². The predicted molar refractivity (Wildman–Crippen MR) is 106 cm³/mol. The van der Waals surface area contributed by atoms with Crippen molar-refractivity contribution in [3.05, 3.63) is 75.8 Å². The van der Waals surface area contributed by atoms with E-state index in [9.17, 15) is 9.90 Å². The fourth-order valence-electron chi connectivity index (χ4n) is 2.44. The van der Waals surface area contributed by atoms with Crippen LogP contribution in [0.4, 0.5) is 0 Å². The quantitative estimate of drug-likeness (QED) is 0.279. The highest BCUT2D eigenvalue weighted by molar-refractivity contribution is 6.30. The first-order valence-corrected chi connectivity index (χ1v) is 8.77. The van der Waals surface area contributed by atoms with Gasteiger partial charge < -0.3 is 9.84 Å². The SMILES string of the molecule is CC(C)=CCc1c(CO)ccc(/C=C/C(=O)NO)c1Oc1ccc(Cl)cc1. The van der Waals surface area contributed by atoms with Crippen molar-refractivity contribution in [1.82, 2.24) is 5.48 Å². The molecule has 0 unspecified atom stereocenters. The maximum atomic E-state index is 11.4. The number of hydrogen-bond acceptors (Lipinski definition) is 4. The molecule has 0 aliphatic rings. The van der Waals surface area contributed by atoms with Crippen molar-refractivity contribution >= 4 is 23.6 Å². The second-order valence-electron chi connectivity index (χ2n) is 6.13. The lowest BCUT2D eigenvalue weighted by Gasteiger charge is -2.17. The van der Waals surface area contributed by atoms with E-state index >= 15 is 0 Å². The first kappa shape index (κ1) is 20.7. The number of carbonyl (C=O) groups excluding carboxylic acids is 1. The number of aliphatic hydroxyl groups excluding tert-OH is 1. The molecule has 0 atom stereocenters. The van der Waals surface area contributed by atoms with E-state index in [0.717, 1.165) is 16.7 Å². The minimum atomic E-state index is -0.649. The first-order chi connectivity index (χ1) is 12.9. The standard InChI is InChI=1S/C21H22ClNO4/c1-14(2)3-11-19-16(13-24)5-4-15(6-12-20(25)23-26)21(19)27-18-9-7-17(22)8-10-18/h3-10,12,24,26H,11,13H2,1-2H3,(H,23,25)/b12-6+. The average molecular weight is 388 g/mol. The van der Waals surface area contributed by atoms with Gasteiger partial charge in [-0.2, -0.15) is 0 Å². The van der Waals surface area contributed by atoms with E-state index in [-0.39, 0.29) is 6.61 Å². The second-order valence-corrected chi connectivity index (χ2v) is 6.57. The van der Waals surface area contributed by atoms with E-state index in [1.54, 1.807) is 48.0 Å². The number of nitrogens with one attached hydrogen (secondary N) is 1. The smallest absolute Gasteiger partial charge is 0.267 e. The average Bonchev–Trinajstić information content (AvgIpc) is 2.66. The molecule has 0 aliphatic heterocycles. The largest absolute Gasteiger partial charge is 0.456 e. The number of rotatable bonds is 7. The molecule has 2 aromatic carbocycles. The van der Waals surface area contributed by atoms with E-state index in [2.05, 4.69) is 0 Å². The zero-order valence-corrected chi connectivity index (χ0v) is 16.0. The lowest BCUT2D eigenvalue weighted by atomic mass is 9.98. The molecule has 27 heavy (non-hydrogen) atoms. The van der Waals surface area contributed by atoms with Crippen LogP contribution in [0.15, 0.2) is 54.1 Å². The van der Waals surface area contributed by atoms with Crippen molar-refractivity contribution in [2.75, 3.05) is 0 Å². The van der Waals surface area contributed by atoms with E-state index in [1.165, 1.54) is 6.08 Å². The summed E-state index contributed by atoms with van der Waals surface area (Å²) in [4.78, 5) is 11.4. The molecule has 2 rings (SSSR count). The van der Waals surface area contributed by atoms with Crippen LogP contribution < -0.4 is 10.2 Å². The van der Waals surface area contributed by atoms with Crippen molar-refractivity contribution < 1.29 is 19.8 Å². The minimum Gasteiger partial charge on any atom is -0.456 e. The van der Waals surface area contributed by atoms with Gasteiger partial charge in [-0.05, 0) is 56.2 Å². The van der Waals surface area contributed by atoms with Gasteiger partial charge in [-0.1, -0.05) is 35.4 Å². The fourth-order valence-corrected chi connectivity index (χ4v) is 2.57. The molecule has 2 aromatic rings. The number of hydroxylamine groups is 1. The Morgan fingerprint density at radius 1 is 1.19 bits per heavy atom. The van der Waals surface area contributed by atoms with Gasteiger partial charge in [0.15, 0.2) is 0 Å². The van der Waals surface area contributed by atoms with Crippen LogP contribution in [0.25, 0.3) is 6.08 Å². The Balaban J connectivity index is 2.56. The van der Waals surface area contributed by atoms with Crippen molar-refractivity contribution in [2.24, 2.45) is 0 Å². The third kappa shape index (κ3) is 5.96. The topological polar surface area (TPSA) is 78.8 Å². The van der Waals surface area contributed by atoms with Gasteiger partial charge in [0, 0.05) is 22.2 Å². The number of carbonyl (C=O) groups is 1. The third-order valence-corrected chi connectivity index (χ3v) is 4.08. The summed E-state index contributed by atoms with van der Waals surface area (Å²) in [7, 11) is 0. The van der Waals surface area contributed by atoms with Gasteiger partial charge in [0.2, 0.25) is 0 Å². The molecule has 0 saturated carbocycles. The van der Waals surface area contributed by atoms with Crippen molar-refractivity contribution in [3.63, 3.8) is 0 Å². The number of benzene rings is 2. The molecule has 0 aliphatic carbocycles. The highest BCUT2D eigenvalue weighted by Crippen LogP contribution is 2.34. The molecular formula is C21H22ClNO4. The molecule has 142 valence electrons. The second kappa shape index (κ2) is 9.92. The predicted octanol–water partition coefficient (Wildman–Crippen LogP) is 4.65. The van der Waals surface area contributed by atoms with Crippen LogP contribution in [0, 0.1) is 0 Å². The molecule has 0 aromatic heterocycles.